The number of hydrogen-bond donors (Lipinski definition) is 2. The summed E-state index contributed by atoms with van der Waals surface area (Å²) in [5, 5.41) is 2.81. The summed E-state index contributed by atoms with van der Waals surface area (Å²) in [7, 11) is 0. The Kier molecular flexibility index (Phi) is 3.44. The van der Waals surface area contributed by atoms with Gasteiger partial charge in [-0.05, 0) is 41.1 Å². The number of thiazole rings is 1. The van der Waals surface area contributed by atoms with Crippen molar-refractivity contribution in [2.24, 2.45) is 0 Å². The van der Waals surface area contributed by atoms with Crippen LogP contribution in [0, 0.1) is 6.92 Å². The Morgan fingerprint density at radius 3 is 2.88 bits per heavy atom. The first kappa shape index (κ1) is 12.1. The molecule has 0 aliphatic rings. The van der Waals surface area contributed by atoms with Crippen LogP contribution in [0.5, 0.6) is 0 Å². The molecule has 1 heterocycles. The standard InChI is InChI=1S/C11H10BrN3OS/c1-6-10(17-5-14-6)11(16)15-9-3-2-7(13)4-8(9)12/h2-5H,13H2,1H3,(H,15,16). The van der Waals surface area contributed by atoms with Crippen molar-refractivity contribution < 1.29 is 4.79 Å². The number of carbonyl (C=O) groups excluding carboxylic acids is 1. The molecule has 1 amide bonds. The molecule has 0 unspecified atom stereocenters. The lowest BCUT2D eigenvalue weighted by molar-refractivity contribution is 0.102. The Hall–Kier alpha value is -1.40. The highest BCUT2D eigenvalue weighted by Crippen LogP contribution is 2.25. The predicted octanol–water partition coefficient (Wildman–Crippen LogP) is 3.05. The molecular weight excluding hydrogens is 302 g/mol. The number of nitrogens with zero attached hydrogens (tertiary/aromatic N) is 1. The fraction of sp³-hybridized carbons (Fsp3) is 0.0909. The van der Waals surface area contributed by atoms with E-state index in [1.54, 1.807) is 23.7 Å². The summed E-state index contributed by atoms with van der Waals surface area (Å²) in [5.74, 6) is -0.157. The molecular formula is C11H10BrN3OS. The van der Waals surface area contributed by atoms with Gasteiger partial charge in [0.1, 0.15) is 4.88 Å². The molecule has 0 spiro atoms. The van der Waals surface area contributed by atoms with E-state index in [1.807, 2.05) is 6.92 Å². The molecule has 4 nitrogen and oxygen atoms in total. The Morgan fingerprint density at radius 1 is 1.53 bits per heavy atom. The summed E-state index contributed by atoms with van der Waals surface area (Å²) in [5.41, 5.74) is 9.35. The van der Waals surface area contributed by atoms with Gasteiger partial charge in [0.05, 0.1) is 16.9 Å². The fourth-order valence-corrected chi connectivity index (χ4v) is 2.52. The lowest BCUT2D eigenvalue weighted by atomic mass is 10.2. The normalized spacial score (nSPS) is 10.2. The number of benzene rings is 1. The van der Waals surface area contributed by atoms with Crippen molar-refractivity contribution in [1.29, 1.82) is 0 Å². The number of hydrogen-bond acceptors (Lipinski definition) is 4. The first-order chi connectivity index (χ1) is 8.08. The fourth-order valence-electron chi connectivity index (χ4n) is 1.33. The molecule has 1 aromatic carbocycles. The van der Waals surface area contributed by atoms with E-state index in [1.165, 1.54) is 11.3 Å². The van der Waals surface area contributed by atoms with Gasteiger partial charge in [0.2, 0.25) is 0 Å². The molecule has 0 saturated heterocycles. The maximum atomic E-state index is 11.9. The van der Waals surface area contributed by atoms with Gasteiger partial charge in [-0.1, -0.05) is 0 Å². The van der Waals surface area contributed by atoms with Gasteiger partial charge in [-0.3, -0.25) is 4.79 Å². The molecule has 1 aromatic heterocycles. The Morgan fingerprint density at radius 2 is 2.29 bits per heavy atom. The van der Waals surface area contributed by atoms with Gasteiger partial charge in [0.15, 0.2) is 0 Å². The van der Waals surface area contributed by atoms with Crippen LogP contribution < -0.4 is 11.1 Å². The number of nitrogens with two attached hydrogens (primary N) is 1. The van der Waals surface area contributed by atoms with Crippen LogP contribution in [0.25, 0.3) is 0 Å². The molecule has 0 bridgehead atoms. The number of rotatable bonds is 2. The highest BCUT2D eigenvalue weighted by Gasteiger charge is 2.13. The van der Waals surface area contributed by atoms with Gasteiger partial charge in [-0.15, -0.1) is 11.3 Å². The van der Waals surface area contributed by atoms with Crippen LogP contribution >= 0.6 is 27.3 Å². The number of halogens is 1. The molecule has 2 aromatic rings. The van der Waals surface area contributed by atoms with E-state index in [-0.39, 0.29) is 5.91 Å². The molecule has 0 aliphatic carbocycles. The maximum absolute atomic E-state index is 11.9. The summed E-state index contributed by atoms with van der Waals surface area (Å²) in [6, 6.07) is 5.24. The van der Waals surface area contributed by atoms with Gasteiger partial charge in [-0.25, -0.2) is 4.98 Å². The third-order valence-corrected chi connectivity index (χ3v) is 3.78. The zero-order valence-corrected chi connectivity index (χ0v) is 11.4. The zero-order chi connectivity index (χ0) is 12.4. The second kappa shape index (κ2) is 4.85. The second-order valence-corrected chi connectivity index (χ2v) is 5.17. The van der Waals surface area contributed by atoms with Crippen molar-refractivity contribution in [2.45, 2.75) is 6.92 Å². The van der Waals surface area contributed by atoms with E-state index in [4.69, 9.17) is 5.73 Å². The van der Waals surface area contributed by atoms with Crippen LogP contribution in [0.3, 0.4) is 0 Å². The maximum Gasteiger partial charge on any atom is 0.267 e. The molecule has 0 atom stereocenters. The number of carbonyl (C=O) groups is 1. The number of nitrogen functional groups attached to an aromatic ring is 1. The molecule has 88 valence electrons. The van der Waals surface area contributed by atoms with Crippen LogP contribution in [0.15, 0.2) is 28.2 Å². The Balaban J connectivity index is 2.22. The topological polar surface area (TPSA) is 68.0 Å². The van der Waals surface area contributed by atoms with Crippen LogP contribution in [-0.4, -0.2) is 10.9 Å². The van der Waals surface area contributed by atoms with Gasteiger partial charge in [-0.2, -0.15) is 0 Å². The number of amides is 1. The molecule has 0 fully saturated rings. The number of nitrogens with one attached hydrogen (secondary N) is 1. The van der Waals surface area contributed by atoms with Crippen LogP contribution in [-0.2, 0) is 0 Å². The lowest BCUT2D eigenvalue weighted by Gasteiger charge is -2.07. The highest BCUT2D eigenvalue weighted by atomic mass is 79.9. The summed E-state index contributed by atoms with van der Waals surface area (Å²) in [6.45, 7) is 1.81. The molecule has 3 N–H and O–H groups in total. The van der Waals surface area contributed by atoms with Crippen molar-refractivity contribution in [2.75, 3.05) is 11.1 Å². The summed E-state index contributed by atoms with van der Waals surface area (Å²) >= 11 is 4.67. The van der Waals surface area contributed by atoms with Gasteiger partial charge in [0, 0.05) is 10.2 Å². The van der Waals surface area contributed by atoms with E-state index in [0.717, 1.165) is 10.2 Å². The minimum atomic E-state index is -0.157. The first-order valence-electron chi connectivity index (χ1n) is 4.84. The van der Waals surface area contributed by atoms with E-state index < -0.39 is 0 Å². The van der Waals surface area contributed by atoms with E-state index in [9.17, 15) is 4.79 Å². The molecule has 17 heavy (non-hydrogen) atoms. The van der Waals surface area contributed by atoms with Crippen molar-refractivity contribution in [3.05, 3.63) is 38.8 Å². The third-order valence-electron chi connectivity index (χ3n) is 2.19. The number of aromatic nitrogens is 1. The van der Waals surface area contributed by atoms with Crippen molar-refractivity contribution in [3.63, 3.8) is 0 Å². The summed E-state index contributed by atoms with van der Waals surface area (Å²) in [6.07, 6.45) is 0. The molecule has 2 rings (SSSR count). The Labute approximate surface area is 111 Å². The minimum Gasteiger partial charge on any atom is -0.399 e. The van der Waals surface area contributed by atoms with Crippen LogP contribution in [0.1, 0.15) is 15.4 Å². The van der Waals surface area contributed by atoms with Crippen molar-refractivity contribution in [1.82, 2.24) is 4.98 Å². The summed E-state index contributed by atoms with van der Waals surface area (Å²) < 4.78 is 0.757. The van der Waals surface area contributed by atoms with Gasteiger partial charge >= 0.3 is 0 Å². The average molecular weight is 312 g/mol. The first-order valence-corrected chi connectivity index (χ1v) is 6.51. The van der Waals surface area contributed by atoms with E-state index >= 15 is 0 Å². The molecule has 0 radical (unpaired) electrons. The molecule has 0 saturated carbocycles. The quantitative estimate of drug-likeness (QED) is 0.838. The summed E-state index contributed by atoms with van der Waals surface area (Å²) in [4.78, 5) is 16.6. The molecule has 0 aliphatic heterocycles. The smallest absolute Gasteiger partial charge is 0.267 e. The third kappa shape index (κ3) is 2.65. The van der Waals surface area contributed by atoms with Gasteiger partial charge in [0.25, 0.3) is 5.91 Å². The zero-order valence-electron chi connectivity index (χ0n) is 9.03. The van der Waals surface area contributed by atoms with E-state index in [2.05, 4.69) is 26.2 Å². The second-order valence-electron chi connectivity index (χ2n) is 3.46. The van der Waals surface area contributed by atoms with Gasteiger partial charge < -0.3 is 11.1 Å². The Bertz CT molecular complexity index is 568. The molecule has 6 heteroatoms. The van der Waals surface area contributed by atoms with Crippen LogP contribution in [0.4, 0.5) is 11.4 Å². The average Bonchev–Trinajstić information content (AvgIpc) is 2.68. The SMILES string of the molecule is Cc1ncsc1C(=O)Nc1ccc(N)cc1Br. The predicted molar refractivity (Wildman–Crippen MR) is 73.4 cm³/mol. The highest BCUT2D eigenvalue weighted by molar-refractivity contribution is 9.10. The monoisotopic (exact) mass is 311 g/mol. The largest absolute Gasteiger partial charge is 0.399 e. The number of aryl methyl sites for hydroxylation is 1. The van der Waals surface area contributed by atoms with Crippen LogP contribution in [0.2, 0.25) is 0 Å². The lowest BCUT2D eigenvalue weighted by Crippen LogP contribution is -2.12. The van der Waals surface area contributed by atoms with Crippen molar-refractivity contribution >= 4 is 44.5 Å². The number of anilines is 2. The minimum absolute atomic E-state index is 0.157. The van der Waals surface area contributed by atoms with E-state index in [0.29, 0.717) is 16.3 Å². The van der Waals surface area contributed by atoms with Crippen molar-refractivity contribution in [3.8, 4) is 0 Å².